The molecule has 0 N–H and O–H groups in total. The molecule has 1 aliphatic rings. The SMILES string of the molecule is CCc1cc2oc(=O)cc(CN3CCN(c4ccccc4[N+](=O)[O-])CC3)c2cc1Cl. The molecule has 0 saturated carbocycles. The number of hydrogen-bond acceptors (Lipinski definition) is 6. The van der Waals surface area contributed by atoms with Crippen molar-refractivity contribution in [2.75, 3.05) is 31.1 Å². The van der Waals surface area contributed by atoms with Crippen molar-refractivity contribution in [3.8, 4) is 0 Å². The molecule has 0 atom stereocenters. The van der Waals surface area contributed by atoms with Gasteiger partial charge in [0, 0.05) is 55.3 Å². The Morgan fingerprint density at radius 3 is 2.53 bits per heavy atom. The van der Waals surface area contributed by atoms with Gasteiger partial charge >= 0.3 is 5.63 Å². The summed E-state index contributed by atoms with van der Waals surface area (Å²) in [5.74, 6) is 0. The van der Waals surface area contributed by atoms with E-state index in [0.29, 0.717) is 35.9 Å². The molecule has 4 rings (SSSR count). The number of halogens is 1. The van der Waals surface area contributed by atoms with Gasteiger partial charge in [0.05, 0.1) is 4.92 Å². The smallest absolute Gasteiger partial charge is 0.336 e. The van der Waals surface area contributed by atoms with Crippen molar-refractivity contribution in [3.05, 3.63) is 79.1 Å². The van der Waals surface area contributed by atoms with Gasteiger partial charge in [0.1, 0.15) is 11.3 Å². The maximum Gasteiger partial charge on any atom is 0.336 e. The molecule has 1 aliphatic heterocycles. The Labute approximate surface area is 178 Å². The number of rotatable bonds is 5. The van der Waals surface area contributed by atoms with Crippen molar-refractivity contribution in [3.63, 3.8) is 0 Å². The number of aryl methyl sites for hydroxylation is 1. The van der Waals surface area contributed by atoms with Gasteiger partial charge in [-0.3, -0.25) is 15.0 Å². The standard InChI is InChI=1S/C22H22ClN3O4/c1-2-15-11-21-17(13-18(15)23)16(12-22(27)30-21)14-24-7-9-25(10-8-24)19-5-3-4-6-20(19)26(28)29/h3-6,11-13H,2,7-10,14H2,1H3. The number of benzene rings is 2. The maximum absolute atomic E-state index is 12.1. The molecule has 3 aromatic rings. The molecule has 156 valence electrons. The summed E-state index contributed by atoms with van der Waals surface area (Å²) in [6.07, 6.45) is 0.760. The van der Waals surface area contributed by atoms with Crippen LogP contribution < -0.4 is 10.5 Å². The van der Waals surface area contributed by atoms with E-state index in [1.165, 1.54) is 12.1 Å². The Balaban J connectivity index is 1.53. The lowest BCUT2D eigenvalue weighted by Crippen LogP contribution is -2.46. The highest BCUT2D eigenvalue weighted by Gasteiger charge is 2.24. The van der Waals surface area contributed by atoms with Gasteiger partial charge in [-0.05, 0) is 35.7 Å². The van der Waals surface area contributed by atoms with E-state index in [-0.39, 0.29) is 16.2 Å². The van der Waals surface area contributed by atoms with Crippen molar-refractivity contribution in [1.82, 2.24) is 4.90 Å². The second-order valence-electron chi connectivity index (χ2n) is 7.39. The highest BCUT2D eigenvalue weighted by Crippen LogP contribution is 2.30. The first-order valence-electron chi connectivity index (χ1n) is 9.92. The Morgan fingerprint density at radius 1 is 1.10 bits per heavy atom. The van der Waals surface area contributed by atoms with Crippen molar-refractivity contribution in [2.45, 2.75) is 19.9 Å². The molecule has 0 unspecified atom stereocenters. The lowest BCUT2D eigenvalue weighted by Gasteiger charge is -2.35. The summed E-state index contributed by atoms with van der Waals surface area (Å²) in [4.78, 5) is 27.3. The molecular weight excluding hydrogens is 406 g/mol. The molecule has 2 heterocycles. The molecule has 30 heavy (non-hydrogen) atoms. The number of para-hydroxylation sites is 2. The zero-order valence-corrected chi connectivity index (χ0v) is 17.4. The van der Waals surface area contributed by atoms with Gasteiger partial charge in [-0.2, -0.15) is 0 Å². The second-order valence-corrected chi connectivity index (χ2v) is 7.80. The van der Waals surface area contributed by atoms with E-state index in [4.69, 9.17) is 16.0 Å². The van der Waals surface area contributed by atoms with Crippen LogP contribution in [-0.4, -0.2) is 36.0 Å². The van der Waals surface area contributed by atoms with E-state index in [1.807, 2.05) is 30.0 Å². The minimum absolute atomic E-state index is 0.124. The van der Waals surface area contributed by atoms with Gasteiger partial charge in [0.15, 0.2) is 0 Å². The van der Waals surface area contributed by atoms with E-state index in [1.54, 1.807) is 12.1 Å². The zero-order valence-electron chi connectivity index (χ0n) is 16.6. The molecule has 1 aromatic heterocycles. The number of nitro groups is 1. The molecule has 0 aliphatic carbocycles. The fourth-order valence-electron chi connectivity index (χ4n) is 3.96. The van der Waals surface area contributed by atoms with E-state index in [9.17, 15) is 14.9 Å². The first-order chi connectivity index (χ1) is 14.5. The van der Waals surface area contributed by atoms with Crippen molar-refractivity contribution in [1.29, 1.82) is 0 Å². The van der Waals surface area contributed by atoms with Crippen LogP contribution in [0.1, 0.15) is 18.1 Å². The largest absolute Gasteiger partial charge is 0.423 e. The van der Waals surface area contributed by atoms with Crippen LogP contribution in [0.2, 0.25) is 5.02 Å². The normalized spacial score (nSPS) is 14.9. The Kier molecular flexibility index (Phi) is 5.74. The number of piperazine rings is 1. The minimum atomic E-state index is -0.375. The maximum atomic E-state index is 12.1. The van der Waals surface area contributed by atoms with Crippen molar-refractivity contribution >= 4 is 33.9 Å². The monoisotopic (exact) mass is 427 g/mol. The van der Waals surface area contributed by atoms with Gasteiger partial charge in [-0.25, -0.2) is 4.79 Å². The van der Waals surface area contributed by atoms with E-state index >= 15 is 0 Å². The quantitative estimate of drug-likeness (QED) is 0.344. The number of nitrogens with zero attached hydrogens (tertiary/aromatic N) is 3. The predicted molar refractivity (Wildman–Crippen MR) is 117 cm³/mol. The van der Waals surface area contributed by atoms with Crippen LogP contribution in [0.3, 0.4) is 0 Å². The first kappa shape index (κ1) is 20.4. The second kappa shape index (κ2) is 8.45. The topological polar surface area (TPSA) is 79.8 Å². The molecule has 1 saturated heterocycles. The van der Waals surface area contributed by atoms with E-state index in [0.717, 1.165) is 36.0 Å². The number of anilines is 1. The molecule has 0 radical (unpaired) electrons. The third-order valence-electron chi connectivity index (χ3n) is 5.56. The van der Waals surface area contributed by atoms with Crippen LogP contribution in [0.15, 0.2) is 51.7 Å². The Hall–Kier alpha value is -2.90. The molecule has 2 aromatic carbocycles. The van der Waals surface area contributed by atoms with E-state index < -0.39 is 0 Å². The lowest BCUT2D eigenvalue weighted by atomic mass is 10.1. The van der Waals surface area contributed by atoms with Crippen LogP contribution in [-0.2, 0) is 13.0 Å². The van der Waals surface area contributed by atoms with Gasteiger partial charge in [0.2, 0.25) is 0 Å². The molecule has 1 fully saturated rings. The summed E-state index contributed by atoms with van der Waals surface area (Å²) < 4.78 is 5.39. The van der Waals surface area contributed by atoms with Gasteiger partial charge in [-0.15, -0.1) is 0 Å². The summed E-state index contributed by atoms with van der Waals surface area (Å²) in [5, 5.41) is 12.8. The third-order valence-corrected chi connectivity index (χ3v) is 5.92. The van der Waals surface area contributed by atoms with Crippen LogP contribution >= 0.6 is 11.6 Å². The summed E-state index contributed by atoms with van der Waals surface area (Å²) in [7, 11) is 0. The van der Waals surface area contributed by atoms with Gasteiger partial charge in [0.25, 0.3) is 5.69 Å². The average molecular weight is 428 g/mol. The van der Waals surface area contributed by atoms with Crippen molar-refractivity contribution in [2.24, 2.45) is 0 Å². The number of fused-ring (bicyclic) bond motifs is 1. The van der Waals surface area contributed by atoms with Gasteiger partial charge in [-0.1, -0.05) is 30.7 Å². The molecule has 0 bridgehead atoms. The summed E-state index contributed by atoms with van der Waals surface area (Å²) in [6, 6.07) is 12.1. The Bertz CT molecular complexity index is 1150. The number of hydrogen-bond donors (Lipinski definition) is 0. The molecule has 0 amide bonds. The lowest BCUT2D eigenvalue weighted by molar-refractivity contribution is -0.384. The van der Waals surface area contributed by atoms with Crippen molar-refractivity contribution < 1.29 is 9.34 Å². The Morgan fingerprint density at radius 2 is 1.83 bits per heavy atom. The van der Waals surface area contributed by atoms with Crippen LogP contribution in [0.4, 0.5) is 11.4 Å². The summed E-state index contributed by atoms with van der Waals surface area (Å²) in [5.41, 5.74) is 2.77. The minimum Gasteiger partial charge on any atom is -0.423 e. The summed E-state index contributed by atoms with van der Waals surface area (Å²) in [6.45, 7) is 5.40. The third kappa shape index (κ3) is 4.04. The highest BCUT2D eigenvalue weighted by atomic mass is 35.5. The zero-order chi connectivity index (χ0) is 21.3. The predicted octanol–water partition coefficient (Wildman–Crippen LogP) is 4.24. The van der Waals surface area contributed by atoms with Gasteiger partial charge < -0.3 is 9.32 Å². The van der Waals surface area contributed by atoms with Crippen LogP contribution in [0.5, 0.6) is 0 Å². The molecule has 7 nitrogen and oxygen atoms in total. The number of nitro benzene ring substituents is 1. The summed E-state index contributed by atoms with van der Waals surface area (Å²) >= 11 is 6.39. The van der Waals surface area contributed by atoms with Crippen LogP contribution in [0.25, 0.3) is 11.0 Å². The fraction of sp³-hybridized carbons (Fsp3) is 0.318. The first-order valence-corrected chi connectivity index (χ1v) is 10.3. The average Bonchev–Trinajstić information content (AvgIpc) is 2.74. The molecular formula is C22H22ClN3O4. The van der Waals surface area contributed by atoms with E-state index in [2.05, 4.69) is 4.90 Å². The molecule has 0 spiro atoms. The molecule has 8 heteroatoms. The van der Waals surface area contributed by atoms with Crippen LogP contribution in [0, 0.1) is 10.1 Å². The fourth-order valence-corrected chi connectivity index (χ4v) is 4.26. The highest BCUT2D eigenvalue weighted by molar-refractivity contribution is 6.32.